The van der Waals surface area contributed by atoms with Gasteiger partial charge in [0.05, 0.1) is 6.54 Å². The molecule has 1 aromatic heterocycles. The van der Waals surface area contributed by atoms with Crippen LogP contribution in [0.15, 0.2) is 48.5 Å². The topological polar surface area (TPSA) is 64.3 Å². The molecule has 5 heteroatoms. The first-order valence-corrected chi connectivity index (χ1v) is 9.74. The zero-order chi connectivity index (χ0) is 19.2. The summed E-state index contributed by atoms with van der Waals surface area (Å²) in [5.74, 6) is 1.48. The Morgan fingerprint density at radius 2 is 1.85 bits per heavy atom. The molecule has 27 heavy (non-hydrogen) atoms. The summed E-state index contributed by atoms with van der Waals surface area (Å²) >= 11 is 0. The highest BCUT2D eigenvalue weighted by Gasteiger charge is 2.22. The fourth-order valence-corrected chi connectivity index (χ4v) is 3.43. The van der Waals surface area contributed by atoms with Gasteiger partial charge in [-0.05, 0) is 37.1 Å². The van der Waals surface area contributed by atoms with Gasteiger partial charge in [0.2, 0.25) is 0 Å². The van der Waals surface area contributed by atoms with E-state index in [4.69, 9.17) is 10.5 Å². The van der Waals surface area contributed by atoms with Crippen molar-refractivity contribution in [1.29, 1.82) is 0 Å². The Hall–Kier alpha value is -2.53. The summed E-state index contributed by atoms with van der Waals surface area (Å²) in [6.45, 7) is 5.72. The van der Waals surface area contributed by atoms with Crippen LogP contribution in [-0.4, -0.2) is 22.4 Å². The monoisotopic (exact) mass is 368 g/mol. The quantitative estimate of drug-likeness (QED) is 0.449. The van der Waals surface area contributed by atoms with Crippen LogP contribution in [0.3, 0.4) is 0 Å². The third kappa shape index (κ3) is 4.42. The molecule has 0 amide bonds. The molecule has 0 spiro atoms. The minimum absolute atomic E-state index is 0.229. The molecule has 0 bridgehead atoms. The van der Waals surface area contributed by atoms with Crippen LogP contribution in [0.25, 0.3) is 11.0 Å². The van der Waals surface area contributed by atoms with E-state index in [2.05, 4.69) is 23.6 Å². The van der Waals surface area contributed by atoms with Crippen molar-refractivity contribution in [3.63, 3.8) is 0 Å². The minimum atomic E-state index is -0.646. The lowest BCUT2D eigenvalue weighted by Gasteiger charge is -2.13. The third-order valence-electron chi connectivity index (χ3n) is 4.92. The number of fused-ring (bicyclic) bond motifs is 1. The van der Waals surface area contributed by atoms with Gasteiger partial charge in [0.1, 0.15) is 36.0 Å². The second-order valence-corrected chi connectivity index (χ2v) is 7.05. The van der Waals surface area contributed by atoms with Crippen molar-refractivity contribution in [3.05, 3.63) is 54.1 Å². The molecule has 1 atom stereocenters. The molecule has 2 aromatic carbocycles. The lowest BCUT2D eigenvalue weighted by molar-refractivity contribution is -0.665. The van der Waals surface area contributed by atoms with E-state index in [1.165, 1.54) is 12.8 Å². The van der Waals surface area contributed by atoms with Gasteiger partial charge in [-0.1, -0.05) is 50.1 Å². The molecule has 3 aromatic rings. The summed E-state index contributed by atoms with van der Waals surface area (Å²) in [6, 6.07) is 16.0. The standard InChI is InChI=1S/C22H29N3O2/c1-3-4-9-14-24-19-11-6-7-12-20(19)25(22(24)23)15-18(26)16-27-21-13-8-5-10-17(21)2/h5-8,10-13,18,23,26H,3-4,9,14-16H2,1-2H3/p+1/t18-/m0/s1. The van der Waals surface area contributed by atoms with Gasteiger partial charge in [0.25, 0.3) is 0 Å². The summed E-state index contributed by atoms with van der Waals surface area (Å²) in [5.41, 5.74) is 9.66. The predicted octanol–water partition coefficient (Wildman–Crippen LogP) is 3.45. The average Bonchev–Trinajstić information content (AvgIpc) is 2.93. The maximum Gasteiger partial charge on any atom is 0.356 e. The Morgan fingerprint density at radius 1 is 1.11 bits per heavy atom. The predicted molar refractivity (Wildman–Crippen MR) is 109 cm³/mol. The number of imidazole rings is 1. The molecular formula is C22H30N3O2+. The molecule has 0 saturated heterocycles. The number of aryl methyl sites for hydroxylation is 2. The van der Waals surface area contributed by atoms with Crippen LogP contribution >= 0.6 is 0 Å². The Kier molecular flexibility index (Phi) is 6.35. The van der Waals surface area contributed by atoms with E-state index in [9.17, 15) is 5.11 Å². The molecule has 0 saturated carbocycles. The Bertz CT molecular complexity index is 888. The van der Waals surface area contributed by atoms with Crippen molar-refractivity contribution in [2.75, 3.05) is 12.3 Å². The lowest BCUT2D eigenvalue weighted by Crippen LogP contribution is -2.44. The molecule has 5 nitrogen and oxygen atoms in total. The van der Waals surface area contributed by atoms with E-state index < -0.39 is 6.10 Å². The fourth-order valence-electron chi connectivity index (χ4n) is 3.43. The van der Waals surface area contributed by atoms with Crippen molar-refractivity contribution in [1.82, 2.24) is 4.57 Å². The highest BCUT2D eigenvalue weighted by atomic mass is 16.5. The normalized spacial score (nSPS) is 12.4. The molecule has 0 aliphatic carbocycles. The van der Waals surface area contributed by atoms with Gasteiger partial charge >= 0.3 is 5.95 Å². The Balaban J connectivity index is 1.75. The molecule has 0 radical (unpaired) electrons. The van der Waals surface area contributed by atoms with Crippen molar-refractivity contribution < 1.29 is 14.4 Å². The van der Waals surface area contributed by atoms with Gasteiger partial charge < -0.3 is 9.84 Å². The van der Waals surface area contributed by atoms with Gasteiger partial charge in [-0.2, -0.15) is 0 Å². The van der Waals surface area contributed by atoms with Crippen molar-refractivity contribution in [2.45, 2.75) is 52.3 Å². The largest absolute Gasteiger partial charge is 0.490 e. The molecule has 0 aliphatic heterocycles. The van der Waals surface area contributed by atoms with Crippen LogP contribution in [0.4, 0.5) is 5.95 Å². The number of aliphatic hydroxyl groups excluding tert-OH is 1. The van der Waals surface area contributed by atoms with E-state index in [0.29, 0.717) is 12.5 Å². The summed E-state index contributed by atoms with van der Waals surface area (Å²) in [6.07, 6.45) is 2.80. The number of aliphatic hydroxyl groups is 1. The number of nitrogens with zero attached hydrogens (tertiary/aromatic N) is 2. The second kappa shape index (κ2) is 8.91. The first-order chi connectivity index (χ1) is 13.1. The molecule has 144 valence electrons. The number of benzene rings is 2. The lowest BCUT2D eigenvalue weighted by atomic mass is 10.2. The van der Waals surface area contributed by atoms with E-state index in [1.54, 1.807) is 0 Å². The van der Waals surface area contributed by atoms with Crippen molar-refractivity contribution in [2.24, 2.45) is 0 Å². The van der Waals surface area contributed by atoms with Crippen molar-refractivity contribution in [3.8, 4) is 5.75 Å². The maximum absolute atomic E-state index is 10.6. The number of anilines is 1. The van der Waals surface area contributed by atoms with Crippen LogP contribution in [-0.2, 0) is 13.1 Å². The highest BCUT2D eigenvalue weighted by molar-refractivity contribution is 5.73. The van der Waals surface area contributed by atoms with Gasteiger partial charge in [-0.15, -0.1) is 0 Å². The molecule has 0 unspecified atom stereocenters. The second-order valence-electron chi connectivity index (χ2n) is 7.05. The first-order valence-electron chi connectivity index (χ1n) is 9.74. The maximum atomic E-state index is 10.6. The van der Waals surface area contributed by atoms with Gasteiger partial charge in [0, 0.05) is 0 Å². The Morgan fingerprint density at radius 3 is 2.63 bits per heavy atom. The van der Waals surface area contributed by atoms with Crippen LogP contribution in [0.2, 0.25) is 0 Å². The van der Waals surface area contributed by atoms with Crippen LogP contribution < -0.4 is 15.0 Å². The van der Waals surface area contributed by atoms with Crippen LogP contribution in [0.5, 0.6) is 5.75 Å². The number of rotatable bonds is 9. The van der Waals surface area contributed by atoms with E-state index >= 15 is 0 Å². The van der Waals surface area contributed by atoms with E-state index in [-0.39, 0.29) is 6.61 Å². The summed E-state index contributed by atoms with van der Waals surface area (Å²) in [7, 11) is 0. The minimum Gasteiger partial charge on any atom is -0.490 e. The number of aromatic nitrogens is 2. The number of unbranched alkanes of at least 4 members (excludes halogenated alkanes) is 2. The number of hydrogen-bond donors (Lipinski definition) is 2. The number of nitrogens with two attached hydrogens (primary N) is 1. The molecule has 0 fully saturated rings. The van der Waals surface area contributed by atoms with Gasteiger partial charge in [0.15, 0.2) is 0 Å². The van der Waals surface area contributed by atoms with Crippen LogP contribution in [0.1, 0.15) is 31.7 Å². The van der Waals surface area contributed by atoms with E-state index in [1.807, 2.05) is 47.9 Å². The molecule has 3 rings (SSSR count). The average molecular weight is 369 g/mol. The molecular weight excluding hydrogens is 338 g/mol. The molecule has 1 heterocycles. The molecule has 3 N–H and O–H groups in total. The SMILES string of the molecule is CCCCCn1c(N)[n+](C[C@H](O)COc2ccccc2C)c2ccccc21. The summed E-state index contributed by atoms with van der Waals surface area (Å²) in [5, 5.41) is 10.6. The number of hydrogen-bond acceptors (Lipinski definition) is 3. The van der Waals surface area contributed by atoms with Gasteiger partial charge in [-0.25, -0.2) is 9.13 Å². The summed E-state index contributed by atoms with van der Waals surface area (Å²) in [4.78, 5) is 0. The first kappa shape index (κ1) is 19.2. The smallest absolute Gasteiger partial charge is 0.356 e. The highest BCUT2D eigenvalue weighted by Crippen LogP contribution is 2.19. The fraction of sp³-hybridized carbons (Fsp3) is 0.409. The summed E-state index contributed by atoms with van der Waals surface area (Å²) < 4.78 is 9.94. The zero-order valence-corrected chi connectivity index (χ0v) is 16.3. The number of nitrogen functional groups attached to an aromatic ring is 1. The zero-order valence-electron chi connectivity index (χ0n) is 16.3. The van der Waals surface area contributed by atoms with Gasteiger partial charge in [-0.3, -0.25) is 5.73 Å². The Labute approximate surface area is 161 Å². The molecule has 0 aliphatic rings. The number of ether oxygens (including phenoxy) is 1. The number of para-hydroxylation sites is 3. The van der Waals surface area contributed by atoms with Crippen LogP contribution in [0, 0.1) is 6.92 Å². The third-order valence-corrected chi connectivity index (χ3v) is 4.92. The van der Waals surface area contributed by atoms with Crippen molar-refractivity contribution >= 4 is 17.0 Å². The van der Waals surface area contributed by atoms with E-state index in [0.717, 1.165) is 35.3 Å².